The van der Waals surface area contributed by atoms with E-state index in [-0.39, 0.29) is 17.2 Å². The van der Waals surface area contributed by atoms with Crippen molar-refractivity contribution in [3.8, 4) is 0 Å². The number of amides is 2. The Morgan fingerprint density at radius 1 is 1.35 bits per heavy atom. The molecule has 0 radical (unpaired) electrons. The molecule has 7 nitrogen and oxygen atoms in total. The lowest BCUT2D eigenvalue weighted by Gasteiger charge is -2.12. The fraction of sp³-hybridized carbons (Fsp3) is 0.417. The van der Waals surface area contributed by atoms with E-state index >= 15 is 0 Å². The summed E-state index contributed by atoms with van der Waals surface area (Å²) in [5, 5.41) is 10.4. The Kier molecular flexibility index (Phi) is 4.58. The molecule has 0 aliphatic carbocycles. The molecule has 1 aliphatic rings. The summed E-state index contributed by atoms with van der Waals surface area (Å²) in [6.07, 6.45) is 1.54. The van der Waals surface area contributed by atoms with E-state index in [0.29, 0.717) is 13.2 Å². The van der Waals surface area contributed by atoms with Crippen LogP contribution >= 0.6 is 0 Å². The summed E-state index contributed by atoms with van der Waals surface area (Å²) < 4.78 is 27.5. The smallest absolute Gasteiger partial charge is 0.317 e. The second-order valence-electron chi connectivity index (χ2n) is 4.52. The Bertz CT molecular complexity index is 565. The van der Waals surface area contributed by atoms with Crippen molar-refractivity contribution < 1.29 is 17.9 Å². The first-order valence-corrected chi connectivity index (χ1v) is 7.77. The lowest BCUT2D eigenvalue weighted by Crippen LogP contribution is -2.41. The van der Waals surface area contributed by atoms with Crippen LogP contribution in [-0.2, 0) is 21.3 Å². The molecular weight excluding hydrogens is 282 g/mol. The third-order valence-electron chi connectivity index (χ3n) is 2.93. The molecule has 4 N–H and O–H groups in total. The molecule has 20 heavy (non-hydrogen) atoms. The zero-order chi connectivity index (χ0) is 14.6. The maximum atomic E-state index is 11.6. The number of sulfonamides is 1. The third-order valence-corrected chi connectivity index (χ3v) is 3.86. The van der Waals surface area contributed by atoms with Gasteiger partial charge in [0.1, 0.15) is 6.23 Å². The van der Waals surface area contributed by atoms with Crippen LogP contribution in [0.3, 0.4) is 0 Å². The summed E-state index contributed by atoms with van der Waals surface area (Å²) in [4.78, 5) is 11.6. The van der Waals surface area contributed by atoms with Crippen LogP contribution < -0.4 is 15.8 Å². The van der Waals surface area contributed by atoms with Crippen molar-refractivity contribution in [2.75, 3.05) is 6.61 Å². The fourth-order valence-electron chi connectivity index (χ4n) is 1.87. The van der Waals surface area contributed by atoms with E-state index in [9.17, 15) is 13.2 Å². The predicted molar refractivity (Wildman–Crippen MR) is 72.2 cm³/mol. The zero-order valence-electron chi connectivity index (χ0n) is 10.8. The van der Waals surface area contributed by atoms with Gasteiger partial charge in [-0.1, -0.05) is 12.1 Å². The first-order chi connectivity index (χ1) is 9.45. The number of ether oxygens (including phenoxy) is 1. The fourth-order valence-corrected chi connectivity index (χ4v) is 2.38. The molecule has 2 rings (SSSR count). The van der Waals surface area contributed by atoms with E-state index in [2.05, 4.69) is 10.6 Å². The number of nitrogens with two attached hydrogens (primary N) is 1. The minimum atomic E-state index is -3.68. The number of hydrogen-bond donors (Lipinski definition) is 3. The van der Waals surface area contributed by atoms with Gasteiger partial charge in [0, 0.05) is 13.2 Å². The van der Waals surface area contributed by atoms with Crippen molar-refractivity contribution in [2.45, 2.75) is 30.5 Å². The van der Waals surface area contributed by atoms with Crippen molar-refractivity contribution >= 4 is 16.1 Å². The molecule has 1 aromatic rings. The molecule has 110 valence electrons. The quantitative estimate of drug-likeness (QED) is 0.741. The number of carbonyl (C=O) groups excluding carboxylic acids is 1. The minimum absolute atomic E-state index is 0.0463. The molecular formula is C12H17N3O4S. The van der Waals surface area contributed by atoms with Crippen LogP contribution in [-0.4, -0.2) is 27.3 Å². The van der Waals surface area contributed by atoms with E-state index in [1.54, 1.807) is 12.1 Å². The van der Waals surface area contributed by atoms with Gasteiger partial charge in [0.15, 0.2) is 0 Å². The molecule has 1 heterocycles. The van der Waals surface area contributed by atoms with Gasteiger partial charge in [-0.15, -0.1) is 0 Å². The van der Waals surface area contributed by atoms with Gasteiger partial charge in [-0.25, -0.2) is 18.4 Å². The van der Waals surface area contributed by atoms with Crippen LogP contribution in [0.2, 0.25) is 0 Å². The molecule has 0 spiro atoms. The molecule has 2 amide bonds. The number of nitrogens with one attached hydrogen (secondary N) is 2. The van der Waals surface area contributed by atoms with Crippen LogP contribution in [0.5, 0.6) is 0 Å². The van der Waals surface area contributed by atoms with Gasteiger partial charge in [0.2, 0.25) is 10.0 Å². The van der Waals surface area contributed by atoms with Crippen LogP contribution in [0.15, 0.2) is 29.2 Å². The normalized spacial score (nSPS) is 18.8. The highest BCUT2D eigenvalue weighted by atomic mass is 32.2. The van der Waals surface area contributed by atoms with Gasteiger partial charge in [-0.2, -0.15) is 0 Å². The molecule has 1 saturated heterocycles. The predicted octanol–water partition coefficient (Wildman–Crippen LogP) is 0.270. The third kappa shape index (κ3) is 4.19. The summed E-state index contributed by atoms with van der Waals surface area (Å²) in [5.41, 5.74) is 0.778. The Hall–Kier alpha value is -1.64. The first kappa shape index (κ1) is 14.8. The van der Waals surface area contributed by atoms with Crippen molar-refractivity contribution in [1.82, 2.24) is 10.6 Å². The lowest BCUT2D eigenvalue weighted by atomic mass is 10.2. The second kappa shape index (κ2) is 6.21. The Labute approximate surface area is 117 Å². The van der Waals surface area contributed by atoms with E-state index in [0.717, 1.165) is 18.4 Å². The van der Waals surface area contributed by atoms with Gasteiger partial charge in [-0.05, 0) is 30.5 Å². The van der Waals surface area contributed by atoms with Crippen LogP contribution in [0.25, 0.3) is 0 Å². The summed E-state index contributed by atoms with van der Waals surface area (Å²) >= 11 is 0. The van der Waals surface area contributed by atoms with Crippen LogP contribution in [0, 0.1) is 0 Å². The largest absolute Gasteiger partial charge is 0.358 e. The average Bonchev–Trinajstić information content (AvgIpc) is 2.88. The second-order valence-corrected chi connectivity index (χ2v) is 6.08. The maximum absolute atomic E-state index is 11.6. The highest BCUT2D eigenvalue weighted by molar-refractivity contribution is 7.89. The number of rotatable bonds is 4. The van der Waals surface area contributed by atoms with Gasteiger partial charge >= 0.3 is 6.03 Å². The van der Waals surface area contributed by atoms with Crippen molar-refractivity contribution in [3.63, 3.8) is 0 Å². The van der Waals surface area contributed by atoms with Gasteiger partial charge < -0.3 is 15.4 Å². The van der Waals surface area contributed by atoms with E-state index < -0.39 is 10.0 Å². The average molecular weight is 299 g/mol. The molecule has 1 unspecified atom stereocenters. The van der Waals surface area contributed by atoms with E-state index in [1.165, 1.54) is 12.1 Å². The molecule has 0 aromatic heterocycles. The summed E-state index contributed by atoms with van der Waals surface area (Å²) in [7, 11) is -3.68. The molecule has 0 bridgehead atoms. The van der Waals surface area contributed by atoms with Gasteiger partial charge in [-0.3, -0.25) is 0 Å². The van der Waals surface area contributed by atoms with Crippen molar-refractivity contribution in [1.29, 1.82) is 0 Å². The van der Waals surface area contributed by atoms with E-state index in [4.69, 9.17) is 9.88 Å². The highest BCUT2D eigenvalue weighted by Crippen LogP contribution is 2.09. The standard InChI is InChI=1S/C12H17N3O4S/c13-20(17,18)10-5-3-9(4-6-10)8-14-12(16)15-11-2-1-7-19-11/h3-6,11H,1-2,7-8H2,(H2,13,17,18)(H2,14,15,16). The van der Waals surface area contributed by atoms with Gasteiger partial charge in [0.25, 0.3) is 0 Å². The maximum Gasteiger partial charge on any atom is 0.317 e. The molecule has 0 saturated carbocycles. The molecule has 1 atom stereocenters. The molecule has 8 heteroatoms. The molecule has 1 fully saturated rings. The lowest BCUT2D eigenvalue weighted by molar-refractivity contribution is 0.0907. The van der Waals surface area contributed by atoms with Crippen molar-refractivity contribution in [3.05, 3.63) is 29.8 Å². The number of benzene rings is 1. The molecule has 1 aliphatic heterocycles. The highest BCUT2D eigenvalue weighted by Gasteiger charge is 2.17. The number of carbonyl (C=O) groups is 1. The Balaban J connectivity index is 1.83. The number of hydrogen-bond acceptors (Lipinski definition) is 4. The Morgan fingerprint density at radius 3 is 2.60 bits per heavy atom. The number of primary sulfonamides is 1. The molecule has 1 aromatic carbocycles. The minimum Gasteiger partial charge on any atom is -0.358 e. The Morgan fingerprint density at radius 2 is 2.05 bits per heavy atom. The van der Waals surface area contributed by atoms with Crippen LogP contribution in [0.1, 0.15) is 18.4 Å². The van der Waals surface area contributed by atoms with Crippen molar-refractivity contribution in [2.24, 2.45) is 5.14 Å². The number of urea groups is 1. The van der Waals surface area contributed by atoms with E-state index in [1.807, 2.05) is 0 Å². The van der Waals surface area contributed by atoms with Crippen LogP contribution in [0.4, 0.5) is 4.79 Å². The monoisotopic (exact) mass is 299 g/mol. The summed E-state index contributed by atoms with van der Waals surface area (Å²) in [6.45, 7) is 0.962. The zero-order valence-corrected chi connectivity index (χ0v) is 11.7. The first-order valence-electron chi connectivity index (χ1n) is 6.23. The summed E-state index contributed by atoms with van der Waals surface area (Å²) in [6, 6.07) is 5.71. The van der Waals surface area contributed by atoms with Gasteiger partial charge in [0.05, 0.1) is 4.90 Å². The summed E-state index contributed by atoms with van der Waals surface area (Å²) in [5.74, 6) is 0. The topological polar surface area (TPSA) is 111 Å². The SMILES string of the molecule is NS(=O)(=O)c1ccc(CNC(=O)NC2CCCO2)cc1.